The van der Waals surface area contributed by atoms with Crippen molar-refractivity contribution in [1.29, 1.82) is 5.26 Å². The van der Waals surface area contributed by atoms with Gasteiger partial charge in [-0.25, -0.2) is 4.98 Å². The molecule has 1 aromatic heterocycles. The van der Waals surface area contributed by atoms with Crippen LogP contribution < -0.4 is 4.74 Å². The standard InChI is InChI=1S/C25H23N3O3S/c1-5-31-23(29)25(2,3)32-24-27-20-14-17(30-4)11-13-22(20)28(24)21-12-10-16(15-26)18-8-6-7-9-19(18)21/h6-14H,5H2,1-4H3. The summed E-state index contributed by atoms with van der Waals surface area (Å²) in [7, 11) is 1.62. The minimum Gasteiger partial charge on any atom is -0.497 e. The molecule has 0 unspecified atom stereocenters. The molecular weight excluding hydrogens is 422 g/mol. The van der Waals surface area contributed by atoms with Gasteiger partial charge in [0.25, 0.3) is 0 Å². The quantitative estimate of drug-likeness (QED) is 0.288. The van der Waals surface area contributed by atoms with E-state index >= 15 is 0 Å². The third-order valence-corrected chi connectivity index (χ3v) is 6.34. The molecule has 0 atom stereocenters. The van der Waals surface area contributed by atoms with Gasteiger partial charge in [0.15, 0.2) is 5.16 Å². The number of carbonyl (C=O) groups is 1. The number of methoxy groups -OCH3 is 1. The maximum absolute atomic E-state index is 12.6. The number of imidazole rings is 1. The first-order valence-electron chi connectivity index (χ1n) is 10.2. The van der Waals surface area contributed by atoms with Crippen molar-refractivity contribution < 1.29 is 14.3 Å². The molecule has 0 spiro atoms. The first kappa shape index (κ1) is 21.7. The highest BCUT2D eigenvalue weighted by Gasteiger charge is 2.33. The van der Waals surface area contributed by atoms with Crippen LogP contribution in [0.25, 0.3) is 27.5 Å². The molecule has 0 saturated carbocycles. The molecule has 32 heavy (non-hydrogen) atoms. The van der Waals surface area contributed by atoms with Crippen molar-refractivity contribution in [3.8, 4) is 17.5 Å². The molecule has 162 valence electrons. The average molecular weight is 446 g/mol. The Labute approximate surface area is 190 Å². The van der Waals surface area contributed by atoms with Crippen LogP contribution in [0.2, 0.25) is 0 Å². The van der Waals surface area contributed by atoms with Crippen LogP contribution in [-0.4, -0.2) is 34.0 Å². The SMILES string of the molecule is CCOC(=O)C(C)(C)Sc1nc2cc(OC)ccc2n1-c1ccc(C#N)c2ccccc12. The van der Waals surface area contributed by atoms with E-state index in [-0.39, 0.29) is 5.97 Å². The van der Waals surface area contributed by atoms with Crippen molar-refractivity contribution >= 4 is 39.5 Å². The molecule has 6 nitrogen and oxygen atoms in total. The van der Waals surface area contributed by atoms with Gasteiger partial charge in [0, 0.05) is 16.8 Å². The number of rotatable bonds is 6. The minimum atomic E-state index is -0.846. The number of benzene rings is 3. The lowest BCUT2D eigenvalue weighted by molar-refractivity contribution is -0.145. The van der Waals surface area contributed by atoms with Crippen molar-refractivity contribution in [2.75, 3.05) is 13.7 Å². The van der Waals surface area contributed by atoms with Gasteiger partial charge in [0.1, 0.15) is 10.5 Å². The first-order valence-corrected chi connectivity index (χ1v) is 11.1. The van der Waals surface area contributed by atoms with Gasteiger partial charge in [-0.05, 0) is 45.0 Å². The van der Waals surface area contributed by atoms with E-state index in [0.29, 0.717) is 23.1 Å². The molecular formula is C25H23N3O3S. The van der Waals surface area contributed by atoms with Gasteiger partial charge in [-0.3, -0.25) is 9.36 Å². The second-order valence-electron chi connectivity index (χ2n) is 7.71. The van der Waals surface area contributed by atoms with Crippen LogP contribution in [0, 0.1) is 11.3 Å². The Balaban J connectivity index is 1.99. The molecule has 7 heteroatoms. The number of hydrogen-bond acceptors (Lipinski definition) is 6. The summed E-state index contributed by atoms with van der Waals surface area (Å²) in [6.45, 7) is 5.77. The maximum atomic E-state index is 12.6. The molecule has 0 aliphatic heterocycles. The number of ether oxygens (including phenoxy) is 2. The largest absolute Gasteiger partial charge is 0.497 e. The summed E-state index contributed by atoms with van der Waals surface area (Å²) in [4.78, 5) is 17.4. The number of fused-ring (bicyclic) bond motifs is 2. The van der Waals surface area contributed by atoms with E-state index in [4.69, 9.17) is 14.5 Å². The number of hydrogen-bond donors (Lipinski definition) is 0. The fraction of sp³-hybridized carbons (Fsp3) is 0.240. The number of aromatic nitrogens is 2. The molecule has 0 radical (unpaired) electrons. The number of nitrogens with zero attached hydrogens (tertiary/aromatic N) is 3. The lowest BCUT2D eigenvalue weighted by Crippen LogP contribution is -2.30. The molecule has 0 aliphatic rings. The molecule has 0 N–H and O–H groups in total. The molecule has 0 fully saturated rings. The van der Waals surface area contributed by atoms with Gasteiger partial charge in [-0.15, -0.1) is 0 Å². The predicted octanol–water partition coefficient (Wildman–Crippen LogP) is 5.49. The van der Waals surface area contributed by atoms with Crippen LogP contribution >= 0.6 is 11.8 Å². The number of esters is 1. The van der Waals surface area contributed by atoms with Crippen LogP contribution in [0.4, 0.5) is 0 Å². The Morgan fingerprint density at radius 1 is 1.16 bits per heavy atom. The Morgan fingerprint density at radius 2 is 1.91 bits per heavy atom. The van der Waals surface area contributed by atoms with Crippen LogP contribution in [-0.2, 0) is 9.53 Å². The molecule has 3 aromatic carbocycles. The zero-order valence-corrected chi connectivity index (χ0v) is 19.2. The van der Waals surface area contributed by atoms with E-state index in [1.54, 1.807) is 14.0 Å². The summed E-state index contributed by atoms with van der Waals surface area (Å²) in [5.74, 6) is 0.402. The molecule has 0 aliphatic carbocycles. The smallest absolute Gasteiger partial charge is 0.322 e. The van der Waals surface area contributed by atoms with E-state index in [2.05, 4.69) is 6.07 Å². The topological polar surface area (TPSA) is 77.1 Å². The number of carbonyl (C=O) groups excluding carboxylic acids is 1. The highest BCUT2D eigenvalue weighted by molar-refractivity contribution is 8.01. The molecule has 0 bridgehead atoms. The van der Waals surface area contributed by atoms with E-state index < -0.39 is 4.75 Å². The maximum Gasteiger partial charge on any atom is 0.322 e. The van der Waals surface area contributed by atoms with E-state index in [1.165, 1.54) is 11.8 Å². The predicted molar refractivity (Wildman–Crippen MR) is 126 cm³/mol. The van der Waals surface area contributed by atoms with Crippen LogP contribution in [0.5, 0.6) is 5.75 Å². The van der Waals surface area contributed by atoms with Crippen molar-refractivity contribution in [3.05, 3.63) is 60.2 Å². The Hall–Kier alpha value is -3.50. The van der Waals surface area contributed by atoms with Crippen molar-refractivity contribution in [1.82, 2.24) is 9.55 Å². The van der Waals surface area contributed by atoms with E-state index in [9.17, 15) is 10.1 Å². The van der Waals surface area contributed by atoms with Gasteiger partial charge in [-0.1, -0.05) is 36.0 Å². The number of thioether (sulfide) groups is 1. The summed E-state index contributed by atoms with van der Waals surface area (Å²) in [5.41, 5.74) is 3.12. The fourth-order valence-electron chi connectivity index (χ4n) is 3.62. The summed E-state index contributed by atoms with van der Waals surface area (Å²) in [5, 5.41) is 12.0. The molecule has 0 amide bonds. The third-order valence-electron chi connectivity index (χ3n) is 5.21. The van der Waals surface area contributed by atoms with E-state index in [1.807, 2.05) is 73.0 Å². The van der Waals surface area contributed by atoms with E-state index in [0.717, 1.165) is 27.5 Å². The van der Waals surface area contributed by atoms with Crippen LogP contribution in [0.15, 0.2) is 59.8 Å². The average Bonchev–Trinajstić information content (AvgIpc) is 3.14. The van der Waals surface area contributed by atoms with Crippen molar-refractivity contribution in [2.45, 2.75) is 30.7 Å². The fourth-order valence-corrected chi connectivity index (χ4v) is 4.65. The number of nitriles is 1. The van der Waals surface area contributed by atoms with Gasteiger partial charge in [0.2, 0.25) is 0 Å². The second-order valence-corrected chi connectivity index (χ2v) is 9.30. The Kier molecular flexibility index (Phi) is 5.81. The minimum absolute atomic E-state index is 0.300. The Morgan fingerprint density at radius 3 is 2.59 bits per heavy atom. The highest BCUT2D eigenvalue weighted by Crippen LogP contribution is 2.39. The monoisotopic (exact) mass is 445 g/mol. The van der Waals surface area contributed by atoms with Crippen molar-refractivity contribution in [3.63, 3.8) is 0 Å². The molecule has 4 rings (SSSR count). The lowest BCUT2D eigenvalue weighted by Gasteiger charge is -2.22. The third kappa shape index (κ3) is 3.78. The van der Waals surface area contributed by atoms with Crippen LogP contribution in [0.1, 0.15) is 26.3 Å². The van der Waals surface area contributed by atoms with Crippen LogP contribution in [0.3, 0.4) is 0 Å². The van der Waals surface area contributed by atoms with Gasteiger partial charge in [-0.2, -0.15) is 5.26 Å². The zero-order valence-electron chi connectivity index (χ0n) is 18.4. The molecule has 4 aromatic rings. The van der Waals surface area contributed by atoms with Gasteiger partial charge >= 0.3 is 5.97 Å². The Bertz CT molecular complexity index is 1370. The lowest BCUT2D eigenvalue weighted by atomic mass is 10.0. The zero-order chi connectivity index (χ0) is 22.9. The first-order chi connectivity index (χ1) is 15.4. The highest BCUT2D eigenvalue weighted by atomic mass is 32.2. The van der Waals surface area contributed by atoms with Crippen molar-refractivity contribution in [2.24, 2.45) is 0 Å². The summed E-state index contributed by atoms with van der Waals surface area (Å²) < 4.78 is 11.9. The molecule has 1 heterocycles. The summed E-state index contributed by atoms with van der Waals surface area (Å²) in [6.07, 6.45) is 0. The van der Waals surface area contributed by atoms with Gasteiger partial charge < -0.3 is 9.47 Å². The summed E-state index contributed by atoms with van der Waals surface area (Å²) in [6, 6.07) is 19.5. The molecule has 0 saturated heterocycles. The second kappa shape index (κ2) is 8.56. The normalized spacial score (nSPS) is 11.5. The summed E-state index contributed by atoms with van der Waals surface area (Å²) >= 11 is 1.34. The van der Waals surface area contributed by atoms with Gasteiger partial charge in [0.05, 0.1) is 42.1 Å².